The molecule has 0 spiro atoms. The fraction of sp³-hybridized carbons (Fsp3) is 0.348. The van der Waals surface area contributed by atoms with Crippen LogP contribution in [-0.2, 0) is 10.8 Å². The van der Waals surface area contributed by atoms with Crippen LogP contribution in [0, 0.1) is 0 Å². The number of nitrogens with two attached hydrogens (primary N) is 1. The van der Waals surface area contributed by atoms with Crippen molar-refractivity contribution >= 4 is 44.5 Å². The highest BCUT2D eigenvalue weighted by molar-refractivity contribution is 6.33. The minimum absolute atomic E-state index is 0.115. The van der Waals surface area contributed by atoms with Crippen molar-refractivity contribution in [2.45, 2.75) is 90.9 Å². The second-order valence-electron chi connectivity index (χ2n) is 15.0. The number of hydrogen-bond donors (Lipinski definition) is 1. The van der Waals surface area contributed by atoms with Crippen molar-refractivity contribution in [1.82, 2.24) is 0 Å². The third-order valence-electron chi connectivity index (χ3n) is 11.0. The van der Waals surface area contributed by atoms with Crippen molar-refractivity contribution < 1.29 is 5.32 Å². The zero-order valence-electron chi connectivity index (χ0n) is 30.5. The molecule has 0 aromatic heterocycles. The highest BCUT2D eigenvalue weighted by Crippen LogP contribution is 2.51. The summed E-state index contributed by atoms with van der Waals surface area (Å²) < 4.78 is 0. The molecule has 0 atom stereocenters. The predicted octanol–water partition coefficient (Wildman–Crippen LogP) is 12.1. The van der Waals surface area contributed by atoms with E-state index in [1.54, 1.807) is 0 Å². The molecule has 6 rings (SSSR count). The number of halogens is 1. The first-order chi connectivity index (χ1) is 23.6. The van der Waals surface area contributed by atoms with E-state index in [1.165, 1.54) is 80.2 Å². The molecule has 0 amide bonds. The van der Waals surface area contributed by atoms with Crippen molar-refractivity contribution in [2.75, 3.05) is 18.0 Å². The molecule has 254 valence electrons. The van der Waals surface area contributed by atoms with Gasteiger partial charge in [-0.05, 0) is 93.8 Å². The lowest BCUT2D eigenvalue weighted by atomic mass is 9.75. The van der Waals surface area contributed by atoms with E-state index in [9.17, 15) is 0 Å². The molecule has 0 unspecified atom stereocenters. The smallest absolute Gasteiger partial charge is 0.134 e. The van der Waals surface area contributed by atoms with Crippen LogP contribution in [-0.4, -0.2) is 13.1 Å². The van der Waals surface area contributed by atoms with Crippen LogP contribution in [0.3, 0.4) is 0 Å². The van der Waals surface area contributed by atoms with Crippen LogP contribution in [0.1, 0.15) is 91.2 Å². The van der Waals surface area contributed by atoms with Gasteiger partial charge in [0.1, 0.15) is 5.69 Å². The number of anilines is 1. The first kappa shape index (κ1) is 35.0. The summed E-state index contributed by atoms with van der Waals surface area (Å²) in [5, 5.41) is 8.54. The summed E-state index contributed by atoms with van der Waals surface area (Å²) in [6.07, 6.45) is 15.7. The average Bonchev–Trinajstić information content (AvgIpc) is 3.56. The zero-order valence-corrected chi connectivity index (χ0v) is 31.3. The standard InChI is InChI=1S/C46H53ClN2/c1-8-10-30-48-39-27-24-33-16-12-14-18-37(33)42(39)45(4,5)32(3)20-21-35-22-23-36(44(35)47)26-29-41-46(6,7)43-38-19-15-13-17-34(38)25-28-40(43)49(41)31-11-9-2/h12-21,24-29,48H,3,8-11,22-23,30-31H2,1-2,4-7H3/p+1/b21-20+,36-26+,41-29+. The third kappa shape index (κ3) is 6.71. The maximum absolute atomic E-state index is 7.16. The summed E-state index contributed by atoms with van der Waals surface area (Å²) >= 11 is 7.16. The lowest BCUT2D eigenvalue weighted by Crippen LogP contribution is -2.78. The quantitative estimate of drug-likeness (QED) is 0.0904. The van der Waals surface area contributed by atoms with Gasteiger partial charge < -0.3 is 10.2 Å². The van der Waals surface area contributed by atoms with Crippen molar-refractivity contribution in [3.05, 3.63) is 142 Å². The third-order valence-corrected chi connectivity index (χ3v) is 11.4. The normalized spacial score (nSPS) is 17.8. The van der Waals surface area contributed by atoms with Crippen molar-refractivity contribution in [3.63, 3.8) is 0 Å². The van der Waals surface area contributed by atoms with Gasteiger partial charge in [-0.3, -0.25) is 0 Å². The molecule has 2 nitrogen and oxygen atoms in total. The van der Waals surface area contributed by atoms with E-state index < -0.39 is 0 Å². The Labute approximate surface area is 299 Å². The molecule has 1 aliphatic heterocycles. The number of rotatable bonds is 12. The number of hydrogen-bond acceptors (Lipinski definition) is 1. The zero-order chi connectivity index (χ0) is 34.8. The summed E-state index contributed by atoms with van der Waals surface area (Å²) in [7, 11) is 0. The van der Waals surface area contributed by atoms with Gasteiger partial charge in [0.05, 0.1) is 6.54 Å². The van der Waals surface area contributed by atoms with E-state index in [4.69, 9.17) is 11.6 Å². The van der Waals surface area contributed by atoms with Crippen LogP contribution in [0.2, 0.25) is 0 Å². The summed E-state index contributed by atoms with van der Waals surface area (Å²) in [6, 6.07) is 26.7. The van der Waals surface area contributed by atoms with Crippen LogP contribution in [0.4, 0.5) is 11.4 Å². The van der Waals surface area contributed by atoms with Crippen LogP contribution >= 0.6 is 11.6 Å². The van der Waals surface area contributed by atoms with Gasteiger partial charge in [-0.1, -0.05) is 145 Å². The molecule has 49 heavy (non-hydrogen) atoms. The van der Waals surface area contributed by atoms with Crippen molar-refractivity contribution in [1.29, 1.82) is 0 Å². The Morgan fingerprint density at radius 1 is 0.878 bits per heavy atom. The van der Waals surface area contributed by atoms with Crippen molar-refractivity contribution in [2.24, 2.45) is 0 Å². The lowest BCUT2D eigenvalue weighted by Gasteiger charge is -2.29. The molecule has 2 N–H and O–H groups in total. The number of fused-ring (bicyclic) bond motifs is 4. The van der Waals surface area contributed by atoms with Crippen LogP contribution in [0.25, 0.3) is 21.5 Å². The highest BCUT2D eigenvalue weighted by Gasteiger charge is 2.41. The highest BCUT2D eigenvalue weighted by atomic mass is 35.5. The van der Waals surface area contributed by atoms with E-state index in [1.807, 2.05) is 0 Å². The Hall–Kier alpha value is -3.85. The first-order valence-electron chi connectivity index (χ1n) is 18.4. The first-order valence-corrected chi connectivity index (χ1v) is 18.8. The van der Waals surface area contributed by atoms with E-state index in [-0.39, 0.29) is 10.8 Å². The van der Waals surface area contributed by atoms with Crippen molar-refractivity contribution in [3.8, 4) is 0 Å². The monoisotopic (exact) mass is 669 g/mol. The Morgan fingerprint density at radius 3 is 2.29 bits per heavy atom. The summed E-state index contributed by atoms with van der Waals surface area (Å²) in [5.41, 5.74) is 9.94. The number of quaternary nitrogens is 1. The maximum Gasteiger partial charge on any atom is 0.134 e. The summed E-state index contributed by atoms with van der Waals surface area (Å²) in [6.45, 7) is 20.7. The maximum atomic E-state index is 7.16. The summed E-state index contributed by atoms with van der Waals surface area (Å²) in [5.74, 6) is 0. The molecule has 0 saturated heterocycles. The van der Waals surface area contributed by atoms with Gasteiger partial charge in [0.2, 0.25) is 0 Å². The minimum Gasteiger partial charge on any atom is -0.344 e. The van der Waals surface area contributed by atoms with E-state index in [0.717, 1.165) is 43.0 Å². The number of allylic oxidation sites excluding steroid dienone is 9. The second kappa shape index (κ2) is 14.6. The number of nitrogens with zero attached hydrogens (tertiary/aromatic N) is 1. The summed E-state index contributed by atoms with van der Waals surface area (Å²) in [4.78, 5) is 2.56. The molecule has 1 aliphatic carbocycles. The van der Waals surface area contributed by atoms with Crippen LogP contribution in [0.15, 0.2) is 131 Å². The lowest BCUT2D eigenvalue weighted by molar-refractivity contribution is -0.572. The molecule has 0 bridgehead atoms. The van der Waals surface area contributed by atoms with Gasteiger partial charge in [0.25, 0.3) is 0 Å². The van der Waals surface area contributed by atoms with E-state index in [0.29, 0.717) is 0 Å². The minimum atomic E-state index is -0.251. The Kier molecular flexibility index (Phi) is 10.4. The van der Waals surface area contributed by atoms with Gasteiger partial charge in [-0.15, -0.1) is 0 Å². The fourth-order valence-corrected chi connectivity index (χ4v) is 8.28. The molecule has 1 heterocycles. The number of benzene rings is 4. The molecule has 3 heteroatoms. The molecule has 4 aromatic rings. The fourth-order valence-electron chi connectivity index (χ4n) is 7.97. The number of unbranched alkanes of at least 4 members (excludes halogenated alkanes) is 2. The Bertz CT molecular complexity index is 2000. The van der Waals surface area contributed by atoms with Gasteiger partial charge in [0, 0.05) is 39.4 Å². The molecular formula is C46H54ClN2+. The molecule has 0 radical (unpaired) electrons. The van der Waals surface area contributed by atoms with Gasteiger partial charge >= 0.3 is 0 Å². The largest absolute Gasteiger partial charge is 0.344 e. The second-order valence-corrected chi connectivity index (χ2v) is 15.4. The molecule has 4 aromatic carbocycles. The SMILES string of the molecule is C=C(/C=C/C1=C(Cl)C(=C/C=C2/N(CCCC)c3ccc4ccccc4c3C2(C)C)/CC1)C(C)(C)c1c([NH2+]CCCC)ccc2ccccc12. The van der Waals surface area contributed by atoms with Gasteiger partial charge in [-0.2, -0.15) is 0 Å². The predicted molar refractivity (Wildman–Crippen MR) is 214 cm³/mol. The molecule has 2 aliphatic rings. The average molecular weight is 670 g/mol. The van der Waals surface area contributed by atoms with E-state index in [2.05, 4.69) is 155 Å². The Morgan fingerprint density at radius 2 is 1.55 bits per heavy atom. The van der Waals surface area contributed by atoms with E-state index >= 15 is 0 Å². The Balaban J connectivity index is 1.29. The molecule has 0 fully saturated rings. The van der Waals surface area contributed by atoms with Crippen LogP contribution in [0.5, 0.6) is 0 Å². The van der Waals surface area contributed by atoms with Gasteiger partial charge in [-0.25, -0.2) is 0 Å². The molecular weight excluding hydrogens is 616 g/mol. The van der Waals surface area contributed by atoms with Crippen LogP contribution < -0.4 is 10.2 Å². The molecule has 0 saturated carbocycles. The topological polar surface area (TPSA) is 19.9 Å². The van der Waals surface area contributed by atoms with Gasteiger partial charge in [0.15, 0.2) is 0 Å².